The van der Waals surface area contributed by atoms with Crippen molar-refractivity contribution in [3.05, 3.63) is 29.8 Å². The summed E-state index contributed by atoms with van der Waals surface area (Å²) < 4.78 is 27.0. The number of nitrogens with zero attached hydrogens (tertiary/aromatic N) is 2. The summed E-state index contributed by atoms with van der Waals surface area (Å²) in [6.45, 7) is 10.0. The van der Waals surface area contributed by atoms with E-state index < -0.39 is 22.0 Å². The number of nitrogens with one attached hydrogen (secondary N) is 3. The van der Waals surface area contributed by atoms with E-state index in [0.717, 1.165) is 31.2 Å². The maximum atomic E-state index is 13.4. The maximum Gasteiger partial charge on any atom is 0.243 e. The van der Waals surface area contributed by atoms with E-state index in [0.29, 0.717) is 51.1 Å². The van der Waals surface area contributed by atoms with Gasteiger partial charge in [-0.2, -0.15) is 4.31 Å². The third-order valence-electron chi connectivity index (χ3n) is 8.38. The van der Waals surface area contributed by atoms with Crippen LogP contribution in [0.2, 0.25) is 0 Å². The molecular weight excluding hydrogens is 602 g/mol. The normalized spacial score (nSPS) is 15.5. The second-order valence-electron chi connectivity index (χ2n) is 11.7. The van der Waals surface area contributed by atoms with Gasteiger partial charge in [0.05, 0.1) is 10.9 Å². The van der Waals surface area contributed by atoms with Crippen molar-refractivity contribution in [1.82, 2.24) is 25.2 Å². The fraction of sp³-hybridized carbons (Fsp3) is 0.719. The topological polar surface area (TPSA) is 128 Å². The molecule has 0 unspecified atom stereocenters. The fourth-order valence-corrected chi connectivity index (χ4v) is 7.25. The number of carbonyl (C=O) groups is 3. The highest BCUT2D eigenvalue weighted by Crippen LogP contribution is 2.28. The first-order valence-electron chi connectivity index (χ1n) is 16.3. The number of sulfonamides is 1. The van der Waals surface area contributed by atoms with Gasteiger partial charge in [0.15, 0.2) is 0 Å². The minimum atomic E-state index is -3.56. The zero-order valence-electron chi connectivity index (χ0n) is 27.1. The predicted octanol–water partition coefficient (Wildman–Crippen LogP) is 4.23. The Morgan fingerprint density at radius 2 is 1.64 bits per heavy atom. The van der Waals surface area contributed by atoms with Gasteiger partial charge in [0.25, 0.3) is 0 Å². The molecule has 250 valence electrons. The Morgan fingerprint density at radius 1 is 0.977 bits per heavy atom. The van der Waals surface area contributed by atoms with Crippen LogP contribution < -0.4 is 16.0 Å². The molecule has 0 radical (unpaired) electrons. The first-order valence-corrected chi connectivity index (χ1v) is 18.3. The molecule has 2 rings (SSSR count). The largest absolute Gasteiger partial charge is 0.350 e. The second kappa shape index (κ2) is 20.0. The van der Waals surface area contributed by atoms with Crippen LogP contribution in [0.3, 0.4) is 0 Å². The Morgan fingerprint density at radius 3 is 2.23 bits per heavy atom. The van der Waals surface area contributed by atoms with E-state index in [1.54, 1.807) is 49.9 Å². The molecule has 44 heavy (non-hydrogen) atoms. The number of alkyl halides is 1. The lowest BCUT2D eigenvalue weighted by Crippen LogP contribution is -2.49. The molecule has 1 saturated carbocycles. The molecule has 3 amide bonds. The molecule has 0 aliphatic heterocycles. The highest BCUT2D eigenvalue weighted by atomic mass is 35.5. The summed E-state index contributed by atoms with van der Waals surface area (Å²) in [5, 5.41) is 8.88. The van der Waals surface area contributed by atoms with Crippen molar-refractivity contribution in [2.45, 2.75) is 103 Å². The van der Waals surface area contributed by atoms with Crippen molar-refractivity contribution in [3.63, 3.8) is 0 Å². The minimum Gasteiger partial charge on any atom is -0.350 e. The molecule has 1 aromatic carbocycles. The highest BCUT2D eigenvalue weighted by molar-refractivity contribution is 7.89. The number of amides is 3. The first-order chi connectivity index (χ1) is 21.1. The first kappa shape index (κ1) is 38.0. The molecule has 0 bridgehead atoms. The Balaban J connectivity index is 2.05. The standard InChI is InChI=1S/C32H54ClN5O5S/c1-5-20-37(21-19-34-24-33)30(39)22-25(4)31(40)36-29(18-15-26-11-9-8-10-12-26)32(41)35-23-27-13-16-28(17-14-27)44(42,43)38(6-2)7-3/h13-14,16-17,25-26,29,34H,5-12,15,18-24H2,1-4H3,(H,35,41)(H,36,40)/t25-,29-/m0/s1. The zero-order valence-corrected chi connectivity index (χ0v) is 28.6. The summed E-state index contributed by atoms with van der Waals surface area (Å²) >= 11 is 5.69. The molecule has 1 fully saturated rings. The molecule has 1 aliphatic carbocycles. The van der Waals surface area contributed by atoms with E-state index in [4.69, 9.17) is 11.6 Å². The summed E-state index contributed by atoms with van der Waals surface area (Å²) in [7, 11) is -3.56. The lowest BCUT2D eigenvalue weighted by molar-refractivity contribution is -0.137. The van der Waals surface area contributed by atoms with Crippen molar-refractivity contribution < 1.29 is 22.8 Å². The number of rotatable bonds is 20. The molecule has 0 aromatic heterocycles. The molecule has 10 nitrogen and oxygen atoms in total. The number of carbonyl (C=O) groups excluding carboxylic acids is 3. The van der Waals surface area contributed by atoms with Crippen LogP contribution in [0.4, 0.5) is 0 Å². The smallest absolute Gasteiger partial charge is 0.243 e. The third kappa shape index (κ3) is 12.3. The quantitative estimate of drug-likeness (QED) is 0.110. The molecular formula is C32H54ClN5O5S. The van der Waals surface area contributed by atoms with Gasteiger partial charge in [-0.25, -0.2) is 8.42 Å². The van der Waals surface area contributed by atoms with Crippen LogP contribution in [-0.2, 0) is 31.0 Å². The summed E-state index contributed by atoms with van der Waals surface area (Å²) in [5.74, 6) is -0.746. The molecule has 1 aromatic rings. The van der Waals surface area contributed by atoms with Gasteiger partial charge in [0.1, 0.15) is 6.04 Å². The van der Waals surface area contributed by atoms with Crippen molar-refractivity contribution in [3.8, 4) is 0 Å². The molecule has 0 heterocycles. The number of hydrogen-bond acceptors (Lipinski definition) is 6. The Bertz CT molecular complexity index is 1120. The fourth-order valence-electron chi connectivity index (χ4n) is 5.66. The van der Waals surface area contributed by atoms with Gasteiger partial charge in [0, 0.05) is 51.6 Å². The van der Waals surface area contributed by atoms with E-state index in [-0.39, 0.29) is 35.6 Å². The van der Waals surface area contributed by atoms with Crippen LogP contribution in [0.25, 0.3) is 0 Å². The zero-order chi connectivity index (χ0) is 32.5. The minimum absolute atomic E-state index is 0.0619. The van der Waals surface area contributed by atoms with Crippen LogP contribution in [0, 0.1) is 11.8 Å². The monoisotopic (exact) mass is 655 g/mol. The third-order valence-corrected chi connectivity index (χ3v) is 10.6. The van der Waals surface area contributed by atoms with Crippen LogP contribution in [0.1, 0.15) is 91.0 Å². The van der Waals surface area contributed by atoms with Gasteiger partial charge in [-0.1, -0.05) is 71.9 Å². The lowest BCUT2D eigenvalue weighted by Gasteiger charge is -2.26. The average Bonchev–Trinajstić information content (AvgIpc) is 3.02. The lowest BCUT2D eigenvalue weighted by atomic mass is 9.85. The van der Waals surface area contributed by atoms with Crippen molar-refractivity contribution in [1.29, 1.82) is 0 Å². The molecule has 1 aliphatic rings. The Kier molecular flexibility index (Phi) is 17.3. The van der Waals surface area contributed by atoms with Crippen LogP contribution >= 0.6 is 11.6 Å². The maximum absolute atomic E-state index is 13.4. The summed E-state index contributed by atoms with van der Waals surface area (Å²) in [6, 6.07) is 6.10. The molecule has 3 N–H and O–H groups in total. The number of benzene rings is 1. The van der Waals surface area contributed by atoms with Crippen molar-refractivity contribution in [2.75, 3.05) is 38.7 Å². The second-order valence-corrected chi connectivity index (χ2v) is 13.9. The van der Waals surface area contributed by atoms with E-state index in [1.165, 1.54) is 23.6 Å². The van der Waals surface area contributed by atoms with E-state index in [9.17, 15) is 22.8 Å². The van der Waals surface area contributed by atoms with Gasteiger partial charge >= 0.3 is 0 Å². The molecule has 0 spiro atoms. The molecule has 12 heteroatoms. The Hall–Kier alpha value is -2.21. The van der Waals surface area contributed by atoms with Gasteiger partial charge in [-0.15, -0.1) is 11.6 Å². The highest BCUT2D eigenvalue weighted by Gasteiger charge is 2.27. The molecule has 0 saturated heterocycles. The van der Waals surface area contributed by atoms with Gasteiger partial charge < -0.3 is 20.9 Å². The van der Waals surface area contributed by atoms with Crippen molar-refractivity contribution in [2.24, 2.45) is 11.8 Å². The number of halogens is 1. The van der Waals surface area contributed by atoms with Gasteiger partial charge in [-0.05, 0) is 42.9 Å². The van der Waals surface area contributed by atoms with Gasteiger partial charge in [0.2, 0.25) is 27.7 Å². The van der Waals surface area contributed by atoms with Crippen LogP contribution in [0.15, 0.2) is 29.2 Å². The summed E-state index contributed by atoms with van der Waals surface area (Å²) in [4.78, 5) is 41.6. The Labute approximate surface area is 270 Å². The van der Waals surface area contributed by atoms with E-state index in [2.05, 4.69) is 16.0 Å². The van der Waals surface area contributed by atoms with Crippen LogP contribution in [-0.4, -0.2) is 80.1 Å². The molecule has 2 atom stereocenters. The van der Waals surface area contributed by atoms with Crippen molar-refractivity contribution >= 4 is 39.3 Å². The number of hydrogen-bond donors (Lipinski definition) is 3. The SMILES string of the molecule is CCCN(CCNCCl)C(=O)C[C@H](C)C(=O)N[C@@H](CCC1CCCCC1)C(=O)NCc1ccc(S(=O)(=O)N(CC)CC)cc1. The van der Waals surface area contributed by atoms with Gasteiger partial charge in [-0.3, -0.25) is 14.4 Å². The predicted molar refractivity (Wildman–Crippen MR) is 176 cm³/mol. The average molecular weight is 656 g/mol. The van der Waals surface area contributed by atoms with E-state index in [1.807, 2.05) is 6.92 Å². The van der Waals surface area contributed by atoms with Crippen LogP contribution in [0.5, 0.6) is 0 Å². The van der Waals surface area contributed by atoms with E-state index >= 15 is 0 Å². The summed E-state index contributed by atoms with van der Waals surface area (Å²) in [6.07, 6.45) is 8.16. The summed E-state index contributed by atoms with van der Waals surface area (Å²) in [5.41, 5.74) is 0.757.